The molecule has 0 aliphatic heterocycles. The fourth-order valence-electron chi connectivity index (χ4n) is 1.71. The van der Waals surface area contributed by atoms with Crippen molar-refractivity contribution in [3.63, 3.8) is 0 Å². The standard InChI is InChI=1S/C13H16FNO3/c1-3-13(4-2,12(17)18)15-11(16)9-7-5-6-8-10(9)14/h5-8H,3-4H2,1-2H3,(H,15,16)(H,17,18). The molecule has 0 bridgehead atoms. The van der Waals surface area contributed by atoms with E-state index in [9.17, 15) is 19.1 Å². The minimum atomic E-state index is -1.35. The molecule has 0 saturated carbocycles. The van der Waals surface area contributed by atoms with Crippen LogP contribution in [0, 0.1) is 5.82 Å². The third kappa shape index (κ3) is 2.67. The van der Waals surface area contributed by atoms with E-state index in [0.29, 0.717) is 0 Å². The first-order chi connectivity index (χ1) is 8.46. The Balaban J connectivity index is 3.00. The Morgan fingerprint density at radius 1 is 1.28 bits per heavy atom. The van der Waals surface area contributed by atoms with Crippen LogP contribution in [-0.2, 0) is 4.79 Å². The third-order valence-corrected chi connectivity index (χ3v) is 3.09. The SMILES string of the molecule is CCC(CC)(NC(=O)c1ccccc1F)C(=O)O. The van der Waals surface area contributed by atoms with Gasteiger partial charge in [0, 0.05) is 0 Å². The quantitative estimate of drug-likeness (QED) is 0.845. The zero-order chi connectivity index (χ0) is 13.8. The monoisotopic (exact) mass is 253 g/mol. The molecule has 5 heteroatoms. The van der Waals surface area contributed by atoms with Crippen molar-refractivity contribution in [2.75, 3.05) is 0 Å². The molecule has 2 N–H and O–H groups in total. The first-order valence-electron chi connectivity index (χ1n) is 5.77. The van der Waals surface area contributed by atoms with Crippen LogP contribution in [0.5, 0.6) is 0 Å². The van der Waals surface area contributed by atoms with Gasteiger partial charge >= 0.3 is 5.97 Å². The summed E-state index contributed by atoms with van der Waals surface area (Å²) in [6.07, 6.45) is 0.470. The predicted octanol–water partition coefficient (Wildman–Crippen LogP) is 2.20. The van der Waals surface area contributed by atoms with Crippen LogP contribution in [0.2, 0.25) is 0 Å². The van der Waals surface area contributed by atoms with E-state index in [0.717, 1.165) is 6.07 Å². The van der Waals surface area contributed by atoms with Crippen molar-refractivity contribution in [1.29, 1.82) is 0 Å². The maximum atomic E-state index is 13.4. The number of amides is 1. The molecular formula is C13H16FNO3. The maximum Gasteiger partial charge on any atom is 0.329 e. The first-order valence-corrected chi connectivity index (χ1v) is 5.77. The number of carboxylic acid groups (broad SMARTS) is 1. The summed E-state index contributed by atoms with van der Waals surface area (Å²) in [6, 6.07) is 5.48. The molecule has 0 atom stereocenters. The number of carbonyl (C=O) groups excluding carboxylic acids is 1. The number of carboxylic acids is 1. The topological polar surface area (TPSA) is 66.4 Å². The van der Waals surface area contributed by atoms with Gasteiger partial charge in [0.15, 0.2) is 0 Å². The van der Waals surface area contributed by atoms with Crippen LogP contribution in [0.15, 0.2) is 24.3 Å². The molecule has 0 heterocycles. The van der Waals surface area contributed by atoms with E-state index in [1.165, 1.54) is 18.2 Å². The Bertz CT molecular complexity index is 455. The van der Waals surface area contributed by atoms with Gasteiger partial charge in [-0.15, -0.1) is 0 Å². The highest BCUT2D eigenvalue weighted by Gasteiger charge is 2.36. The minimum Gasteiger partial charge on any atom is -0.480 e. The summed E-state index contributed by atoms with van der Waals surface area (Å²) < 4.78 is 13.4. The molecule has 18 heavy (non-hydrogen) atoms. The summed E-state index contributed by atoms with van der Waals surface area (Å²) in [7, 11) is 0. The van der Waals surface area contributed by atoms with Gasteiger partial charge in [-0.1, -0.05) is 26.0 Å². The normalized spacial score (nSPS) is 11.1. The van der Waals surface area contributed by atoms with Crippen molar-refractivity contribution in [3.8, 4) is 0 Å². The van der Waals surface area contributed by atoms with Crippen molar-refractivity contribution in [3.05, 3.63) is 35.6 Å². The zero-order valence-electron chi connectivity index (χ0n) is 10.4. The van der Waals surface area contributed by atoms with E-state index in [1.54, 1.807) is 13.8 Å². The first kappa shape index (κ1) is 14.2. The van der Waals surface area contributed by atoms with Gasteiger partial charge in [0.1, 0.15) is 11.4 Å². The molecule has 0 fully saturated rings. The molecule has 1 rings (SSSR count). The third-order valence-electron chi connectivity index (χ3n) is 3.09. The van der Waals surface area contributed by atoms with Crippen molar-refractivity contribution in [2.45, 2.75) is 32.2 Å². The summed E-state index contributed by atoms with van der Waals surface area (Å²) in [5.74, 6) is -2.49. The largest absolute Gasteiger partial charge is 0.480 e. The summed E-state index contributed by atoms with van der Waals surface area (Å²) >= 11 is 0. The molecule has 1 aromatic carbocycles. The van der Waals surface area contributed by atoms with E-state index >= 15 is 0 Å². The highest BCUT2D eigenvalue weighted by molar-refractivity contribution is 5.98. The van der Waals surface area contributed by atoms with E-state index in [1.807, 2.05) is 0 Å². The van der Waals surface area contributed by atoms with E-state index < -0.39 is 23.2 Å². The Kier molecular flexibility index (Phi) is 4.42. The Hall–Kier alpha value is -1.91. The Morgan fingerprint density at radius 2 is 1.83 bits per heavy atom. The number of aliphatic carboxylic acids is 1. The van der Waals surface area contributed by atoms with Gasteiger partial charge in [-0.3, -0.25) is 4.79 Å². The summed E-state index contributed by atoms with van der Waals surface area (Å²) in [4.78, 5) is 23.1. The maximum absolute atomic E-state index is 13.4. The minimum absolute atomic E-state index is 0.148. The second kappa shape index (κ2) is 5.62. The van der Waals surface area contributed by atoms with Gasteiger partial charge in [0.05, 0.1) is 5.56 Å². The van der Waals surface area contributed by atoms with Gasteiger partial charge in [0.25, 0.3) is 5.91 Å². The molecule has 1 amide bonds. The molecule has 4 nitrogen and oxygen atoms in total. The number of rotatable bonds is 5. The van der Waals surface area contributed by atoms with Crippen LogP contribution >= 0.6 is 0 Å². The fraction of sp³-hybridized carbons (Fsp3) is 0.385. The Labute approximate surface area is 105 Å². The van der Waals surface area contributed by atoms with Crippen LogP contribution in [0.3, 0.4) is 0 Å². The lowest BCUT2D eigenvalue weighted by atomic mass is 9.92. The van der Waals surface area contributed by atoms with Gasteiger partial charge in [-0.25, -0.2) is 9.18 Å². The van der Waals surface area contributed by atoms with Crippen LogP contribution in [0.4, 0.5) is 4.39 Å². The van der Waals surface area contributed by atoms with E-state index in [2.05, 4.69) is 5.32 Å². The molecule has 98 valence electrons. The molecule has 0 aliphatic carbocycles. The number of halogens is 1. The summed E-state index contributed by atoms with van der Waals surface area (Å²) in [5.41, 5.74) is -1.50. The second-order valence-electron chi connectivity index (χ2n) is 4.03. The van der Waals surface area contributed by atoms with Crippen LogP contribution in [-0.4, -0.2) is 22.5 Å². The van der Waals surface area contributed by atoms with Gasteiger partial charge < -0.3 is 10.4 Å². The van der Waals surface area contributed by atoms with Crippen LogP contribution in [0.1, 0.15) is 37.0 Å². The second-order valence-corrected chi connectivity index (χ2v) is 4.03. The number of benzene rings is 1. The molecule has 1 aromatic rings. The summed E-state index contributed by atoms with van der Waals surface area (Å²) in [6.45, 7) is 3.33. The van der Waals surface area contributed by atoms with Gasteiger partial charge in [-0.05, 0) is 25.0 Å². The molecule has 0 saturated heterocycles. The molecular weight excluding hydrogens is 237 g/mol. The van der Waals surface area contributed by atoms with Crippen LogP contribution < -0.4 is 5.32 Å². The van der Waals surface area contributed by atoms with Crippen molar-refractivity contribution in [1.82, 2.24) is 5.32 Å². The molecule has 0 unspecified atom stereocenters. The molecule has 0 aromatic heterocycles. The lowest BCUT2D eigenvalue weighted by Gasteiger charge is -2.28. The lowest BCUT2D eigenvalue weighted by molar-refractivity contribution is -0.144. The number of carbonyl (C=O) groups is 2. The highest BCUT2D eigenvalue weighted by Crippen LogP contribution is 2.17. The lowest BCUT2D eigenvalue weighted by Crippen LogP contribution is -2.53. The van der Waals surface area contributed by atoms with Crippen molar-refractivity contribution >= 4 is 11.9 Å². The summed E-state index contributed by atoms with van der Waals surface area (Å²) in [5, 5.41) is 11.6. The average Bonchev–Trinajstić information content (AvgIpc) is 2.36. The number of hydrogen-bond donors (Lipinski definition) is 2. The van der Waals surface area contributed by atoms with Crippen LogP contribution in [0.25, 0.3) is 0 Å². The Morgan fingerprint density at radius 3 is 2.28 bits per heavy atom. The smallest absolute Gasteiger partial charge is 0.329 e. The van der Waals surface area contributed by atoms with Gasteiger partial charge in [-0.2, -0.15) is 0 Å². The van der Waals surface area contributed by atoms with Gasteiger partial charge in [0.2, 0.25) is 0 Å². The van der Waals surface area contributed by atoms with Crippen molar-refractivity contribution < 1.29 is 19.1 Å². The predicted molar refractivity (Wildman–Crippen MR) is 64.8 cm³/mol. The fourth-order valence-corrected chi connectivity index (χ4v) is 1.71. The van der Waals surface area contributed by atoms with Crippen molar-refractivity contribution in [2.24, 2.45) is 0 Å². The van der Waals surface area contributed by atoms with E-state index in [-0.39, 0.29) is 18.4 Å². The molecule has 0 radical (unpaired) electrons. The molecule has 0 aliphatic rings. The average molecular weight is 253 g/mol. The molecule has 0 spiro atoms. The number of hydrogen-bond acceptors (Lipinski definition) is 2. The van der Waals surface area contributed by atoms with E-state index in [4.69, 9.17) is 0 Å². The number of nitrogens with one attached hydrogen (secondary N) is 1. The highest BCUT2D eigenvalue weighted by atomic mass is 19.1. The zero-order valence-corrected chi connectivity index (χ0v) is 10.4.